The summed E-state index contributed by atoms with van der Waals surface area (Å²) in [5.41, 5.74) is 0.947. The lowest BCUT2D eigenvalue weighted by molar-refractivity contribution is -0.169. The Morgan fingerprint density at radius 3 is 2.21 bits per heavy atom. The van der Waals surface area contributed by atoms with E-state index in [1.54, 1.807) is 0 Å². The number of allylic oxidation sites excluding steroid dienone is 2. The Kier molecular flexibility index (Phi) is 8.13. The van der Waals surface area contributed by atoms with Crippen LogP contribution in [0.1, 0.15) is 112 Å². The van der Waals surface area contributed by atoms with Gasteiger partial charge in [-0.15, -0.1) is 13.2 Å². The van der Waals surface area contributed by atoms with Gasteiger partial charge in [0.25, 0.3) is 0 Å². The van der Waals surface area contributed by atoms with Crippen molar-refractivity contribution in [2.24, 2.45) is 64.1 Å². The quantitative estimate of drug-likeness (QED) is 0.334. The minimum atomic E-state index is -0.179. The number of aliphatic hydroxyl groups excluding tert-OH is 1. The normalized spacial score (nSPS) is 46.9. The van der Waals surface area contributed by atoms with Crippen LogP contribution in [0.4, 0.5) is 0 Å². The van der Waals surface area contributed by atoms with E-state index in [-0.39, 0.29) is 6.10 Å². The molecule has 0 spiro atoms. The van der Waals surface area contributed by atoms with Gasteiger partial charge in [-0.05, 0) is 122 Å². The Hall–Kier alpha value is -0.560. The van der Waals surface area contributed by atoms with Crippen LogP contribution in [0, 0.1) is 64.1 Å². The lowest BCUT2D eigenvalue weighted by atomic mass is 9.41. The van der Waals surface area contributed by atoms with Crippen molar-refractivity contribution in [3.05, 3.63) is 25.3 Å². The fourth-order valence-electron chi connectivity index (χ4n) is 10.7. The highest BCUT2D eigenvalue weighted by atomic mass is 16.3. The Morgan fingerprint density at radius 2 is 1.53 bits per heavy atom. The predicted octanol–water partition coefficient (Wildman–Crippen LogP) is 9.07. The highest BCUT2D eigenvalue weighted by molar-refractivity contribution is 5.12. The van der Waals surface area contributed by atoms with E-state index < -0.39 is 0 Å². The van der Waals surface area contributed by atoms with Gasteiger partial charge in [0.15, 0.2) is 0 Å². The number of hydrogen-bond acceptors (Lipinski definition) is 1. The maximum absolute atomic E-state index is 11.3. The van der Waals surface area contributed by atoms with Gasteiger partial charge in [0, 0.05) is 0 Å². The van der Waals surface area contributed by atoms with Crippen LogP contribution in [-0.2, 0) is 0 Å². The molecule has 4 saturated carbocycles. The molecule has 1 heteroatoms. The van der Waals surface area contributed by atoms with Gasteiger partial charge >= 0.3 is 0 Å². The summed E-state index contributed by atoms with van der Waals surface area (Å²) in [6.07, 6.45) is 19.9. The van der Waals surface area contributed by atoms with Gasteiger partial charge in [0.2, 0.25) is 0 Å². The van der Waals surface area contributed by atoms with E-state index in [2.05, 4.69) is 59.9 Å². The first kappa shape index (κ1) is 26.5. The lowest BCUT2D eigenvalue weighted by Gasteiger charge is -2.64. The molecule has 0 aromatic carbocycles. The zero-order valence-corrected chi connectivity index (χ0v) is 23.3. The SMILES string of the molecule is C=CC[C@@H]1C[C@@]2(C)[C@@H](CC[C@@H]3[C@@H]2CC[C@]2(C)[C@@H]([C@H](C)CCCC(C)C)CC[C@@H]32)[C@H](CC=C)[C@@H]1O. The summed E-state index contributed by atoms with van der Waals surface area (Å²) in [6.45, 7) is 20.8. The third-order valence-electron chi connectivity index (χ3n) is 12.2. The van der Waals surface area contributed by atoms with Crippen LogP contribution in [0.15, 0.2) is 25.3 Å². The Bertz CT molecular complexity index is 709. The number of aliphatic hydroxyl groups is 1. The fourth-order valence-corrected chi connectivity index (χ4v) is 10.7. The van der Waals surface area contributed by atoms with Crippen LogP contribution in [0.3, 0.4) is 0 Å². The van der Waals surface area contributed by atoms with Gasteiger partial charge in [0.05, 0.1) is 6.10 Å². The van der Waals surface area contributed by atoms with Gasteiger partial charge in [-0.1, -0.05) is 66.0 Å². The zero-order valence-electron chi connectivity index (χ0n) is 23.3. The molecule has 194 valence electrons. The number of hydrogen-bond donors (Lipinski definition) is 1. The molecular weight excluding hydrogens is 412 g/mol. The zero-order chi connectivity index (χ0) is 24.7. The average Bonchev–Trinajstić information content (AvgIpc) is 3.14. The first-order valence-electron chi connectivity index (χ1n) is 15.1. The second-order valence-electron chi connectivity index (χ2n) is 14.3. The molecule has 0 saturated heterocycles. The molecule has 4 fully saturated rings. The van der Waals surface area contributed by atoms with Gasteiger partial charge in [-0.2, -0.15) is 0 Å². The summed E-state index contributed by atoms with van der Waals surface area (Å²) >= 11 is 0. The molecule has 0 bridgehead atoms. The lowest BCUT2D eigenvalue weighted by Crippen LogP contribution is -2.58. The number of rotatable bonds is 9. The van der Waals surface area contributed by atoms with E-state index >= 15 is 0 Å². The second kappa shape index (κ2) is 10.4. The first-order chi connectivity index (χ1) is 16.2. The van der Waals surface area contributed by atoms with E-state index in [1.165, 1.54) is 64.2 Å². The second-order valence-corrected chi connectivity index (χ2v) is 14.3. The Morgan fingerprint density at radius 1 is 0.853 bits per heavy atom. The molecular formula is C33H56O. The van der Waals surface area contributed by atoms with Gasteiger partial charge in [-0.3, -0.25) is 0 Å². The maximum atomic E-state index is 11.3. The van der Waals surface area contributed by atoms with Gasteiger partial charge in [0.1, 0.15) is 0 Å². The molecule has 0 aliphatic heterocycles. The topological polar surface area (TPSA) is 20.2 Å². The summed E-state index contributed by atoms with van der Waals surface area (Å²) in [4.78, 5) is 0. The first-order valence-corrected chi connectivity index (χ1v) is 15.1. The van der Waals surface area contributed by atoms with Crippen molar-refractivity contribution in [3.63, 3.8) is 0 Å². The third-order valence-corrected chi connectivity index (χ3v) is 12.2. The smallest absolute Gasteiger partial charge is 0.0605 e. The Balaban J connectivity index is 1.53. The van der Waals surface area contributed by atoms with E-state index in [1.807, 2.05) is 0 Å². The molecule has 4 rings (SSSR count). The summed E-state index contributed by atoms with van der Waals surface area (Å²) < 4.78 is 0. The highest BCUT2D eigenvalue weighted by Crippen LogP contribution is 2.69. The molecule has 4 aliphatic carbocycles. The predicted molar refractivity (Wildman–Crippen MR) is 146 cm³/mol. The molecule has 1 nitrogen and oxygen atoms in total. The molecule has 0 unspecified atom stereocenters. The standard InChI is InChI=1S/C33H56O/c1-8-11-24-21-33(7)29(26(12-9-2)31(24)34)16-15-25-28-18-17-27(23(5)14-10-13-22(3)4)32(28,6)20-19-30(25)33/h8-9,22-31,34H,1-2,10-21H2,3-7H3/t23-,24-,25+,26+,27-,28+,29+,30+,31-,32-,33+/m1/s1. The molecule has 11 atom stereocenters. The van der Waals surface area contributed by atoms with Crippen molar-refractivity contribution < 1.29 is 5.11 Å². The van der Waals surface area contributed by atoms with Crippen LogP contribution in [0.25, 0.3) is 0 Å². The summed E-state index contributed by atoms with van der Waals surface area (Å²) in [7, 11) is 0. The van der Waals surface area contributed by atoms with Crippen LogP contribution < -0.4 is 0 Å². The van der Waals surface area contributed by atoms with Crippen molar-refractivity contribution in [2.75, 3.05) is 0 Å². The van der Waals surface area contributed by atoms with Crippen molar-refractivity contribution >= 4 is 0 Å². The minimum absolute atomic E-state index is 0.179. The van der Waals surface area contributed by atoms with E-state index in [0.29, 0.717) is 28.6 Å². The largest absolute Gasteiger partial charge is 0.393 e. The summed E-state index contributed by atoms with van der Waals surface area (Å²) in [5, 5.41) is 11.3. The molecule has 0 amide bonds. The Labute approximate surface area is 212 Å². The summed E-state index contributed by atoms with van der Waals surface area (Å²) in [5.74, 6) is 6.81. The van der Waals surface area contributed by atoms with Gasteiger partial charge < -0.3 is 5.11 Å². The van der Waals surface area contributed by atoms with Crippen molar-refractivity contribution in [1.29, 1.82) is 0 Å². The fraction of sp³-hybridized carbons (Fsp3) is 0.879. The molecule has 0 aromatic rings. The highest BCUT2D eigenvalue weighted by Gasteiger charge is 2.62. The molecule has 4 aliphatic rings. The molecule has 34 heavy (non-hydrogen) atoms. The van der Waals surface area contributed by atoms with E-state index in [4.69, 9.17) is 0 Å². The molecule has 0 aromatic heterocycles. The monoisotopic (exact) mass is 468 g/mol. The van der Waals surface area contributed by atoms with Gasteiger partial charge in [-0.25, -0.2) is 0 Å². The minimum Gasteiger partial charge on any atom is -0.393 e. The van der Waals surface area contributed by atoms with E-state index in [9.17, 15) is 5.11 Å². The van der Waals surface area contributed by atoms with Crippen LogP contribution in [0.5, 0.6) is 0 Å². The third kappa shape index (κ3) is 4.50. The molecule has 0 radical (unpaired) electrons. The van der Waals surface area contributed by atoms with Crippen LogP contribution in [-0.4, -0.2) is 11.2 Å². The van der Waals surface area contributed by atoms with Crippen LogP contribution >= 0.6 is 0 Å². The van der Waals surface area contributed by atoms with Crippen LogP contribution in [0.2, 0.25) is 0 Å². The molecule has 0 heterocycles. The van der Waals surface area contributed by atoms with Crippen molar-refractivity contribution in [3.8, 4) is 0 Å². The van der Waals surface area contributed by atoms with E-state index in [0.717, 1.165) is 48.3 Å². The van der Waals surface area contributed by atoms with Crippen molar-refractivity contribution in [1.82, 2.24) is 0 Å². The van der Waals surface area contributed by atoms with Crippen molar-refractivity contribution in [2.45, 2.75) is 118 Å². The number of fused-ring (bicyclic) bond motifs is 5. The summed E-state index contributed by atoms with van der Waals surface area (Å²) in [6, 6.07) is 0. The maximum Gasteiger partial charge on any atom is 0.0605 e. The molecule has 1 N–H and O–H groups in total. The average molecular weight is 469 g/mol.